The Hall–Kier alpha value is -2.42. The van der Waals surface area contributed by atoms with E-state index in [1.807, 2.05) is 11.0 Å². The number of rotatable bonds is 2. The van der Waals surface area contributed by atoms with Crippen molar-refractivity contribution in [3.63, 3.8) is 0 Å². The van der Waals surface area contributed by atoms with Crippen molar-refractivity contribution in [2.75, 3.05) is 18.0 Å². The van der Waals surface area contributed by atoms with Gasteiger partial charge in [0.15, 0.2) is 11.6 Å². The number of benzene rings is 1. The third-order valence-corrected chi connectivity index (χ3v) is 3.18. The second-order valence-corrected chi connectivity index (χ2v) is 4.42. The van der Waals surface area contributed by atoms with E-state index in [2.05, 4.69) is 10.2 Å². The average molecular weight is 257 g/mol. The Bertz CT molecular complexity index is 637. The van der Waals surface area contributed by atoms with Crippen LogP contribution < -0.4 is 4.90 Å². The fourth-order valence-corrected chi connectivity index (χ4v) is 2.23. The largest absolute Gasteiger partial charge is 0.353 e. The normalized spacial score (nSPS) is 14.6. The predicted molar refractivity (Wildman–Crippen MR) is 67.5 cm³/mol. The molecule has 0 spiro atoms. The van der Waals surface area contributed by atoms with Gasteiger partial charge in [0.2, 0.25) is 5.69 Å². The Morgan fingerprint density at radius 3 is 2.58 bits per heavy atom. The van der Waals surface area contributed by atoms with E-state index in [9.17, 15) is 4.39 Å². The lowest BCUT2D eigenvalue weighted by atomic mass is 10.3. The first kappa shape index (κ1) is 11.7. The summed E-state index contributed by atoms with van der Waals surface area (Å²) in [6.07, 6.45) is 2.16. The molecule has 6 heteroatoms. The molecule has 0 N–H and O–H groups in total. The smallest absolute Gasteiger partial charge is 0.207 e. The summed E-state index contributed by atoms with van der Waals surface area (Å²) < 4.78 is 13.7. The highest BCUT2D eigenvalue weighted by Gasteiger charge is 2.22. The summed E-state index contributed by atoms with van der Waals surface area (Å²) in [5, 5.41) is 17.5. The van der Waals surface area contributed by atoms with Gasteiger partial charge in [-0.25, -0.2) is 4.39 Å². The number of para-hydroxylation sites is 1. The molecule has 19 heavy (non-hydrogen) atoms. The van der Waals surface area contributed by atoms with Crippen LogP contribution in [0.15, 0.2) is 24.3 Å². The summed E-state index contributed by atoms with van der Waals surface area (Å²) in [6.45, 7) is 1.73. The van der Waals surface area contributed by atoms with Crippen molar-refractivity contribution in [1.82, 2.24) is 15.0 Å². The first-order valence-electron chi connectivity index (χ1n) is 6.17. The van der Waals surface area contributed by atoms with Gasteiger partial charge in [-0.1, -0.05) is 12.1 Å². The molecule has 1 aliphatic rings. The van der Waals surface area contributed by atoms with Gasteiger partial charge in [-0.05, 0) is 25.0 Å². The maximum Gasteiger partial charge on any atom is 0.207 e. The number of anilines is 1. The molecular weight excluding hydrogens is 245 g/mol. The van der Waals surface area contributed by atoms with Crippen LogP contribution in [-0.2, 0) is 0 Å². The first-order chi connectivity index (χ1) is 9.29. The Balaban J connectivity index is 2.05. The van der Waals surface area contributed by atoms with Crippen molar-refractivity contribution >= 4 is 5.82 Å². The number of halogens is 1. The Kier molecular flexibility index (Phi) is 2.88. The molecule has 2 aromatic rings. The van der Waals surface area contributed by atoms with Crippen molar-refractivity contribution in [3.8, 4) is 11.8 Å². The lowest BCUT2D eigenvalue weighted by molar-refractivity contribution is 0.596. The molecule has 1 aromatic heterocycles. The second-order valence-electron chi connectivity index (χ2n) is 4.42. The van der Waals surface area contributed by atoms with Crippen LogP contribution in [0.3, 0.4) is 0 Å². The highest BCUT2D eigenvalue weighted by atomic mass is 19.1. The third kappa shape index (κ3) is 2.03. The molecule has 0 saturated carbocycles. The van der Waals surface area contributed by atoms with Gasteiger partial charge in [-0.3, -0.25) is 0 Å². The van der Waals surface area contributed by atoms with Crippen molar-refractivity contribution in [2.45, 2.75) is 12.8 Å². The van der Waals surface area contributed by atoms with Crippen LogP contribution in [0.1, 0.15) is 18.5 Å². The quantitative estimate of drug-likeness (QED) is 0.824. The van der Waals surface area contributed by atoms with Crippen LogP contribution in [0.25, 0.3) is 5.69 Å². The lowest BCUT2D eigenvalue weighted by Crippen LogP contribution is -2.19. The molecular formula is C13H12FN5. The summed E-state index contributed by atoms with van der Waals surface area (Å²) in [6, 6.07) is 8.28. The maximum atomic E-state index is 13.7. The zero-order valence-corrected chi connectivity index (χ0v) is 10.3. The van der Waals surface area contributed by atoms with Gasteiger partial charge >= 0.3 is 0 Å². The zero-order chi connectivity index (χ0) is 13.2. The molecule has 96 valence electrons. The van der Waals surface area contributed by atoms with Crippen molar-refractivity contribution in [3.05, 3.63) is 35.8 Å². The minimum absolute atomic E-state index is 0.241. The van der Waals surface area contributed by atoms with E-state index in [1.54, 1.807) is 18.2 Å². The van der Waals surface area contributed by atoms with E-state index in [1.165, 1.54) is 10.9 Å². The molecule has 1 saturated heterocycles. The predicted octanol–water partition coefficient (Wildman–Crippen LogP) is 1.88. The van der Waals surface area contributed by atoms with Crippen molar-refractivity contribution in [2.24, 2.45) is 0 Å². The maximum absolute atomic E-state index is 13.7. The molecule has 2 heterocycles. The van der Waals surface area contributed by atoms with Crippen LogP contribution in [0.5, 0.6) is 0 Å². The van der Waals surface area contributed by atoms with Crippen LogP contribution >= 0.6 is 0 Å². The average Bonchev–Trinajstić information content (AvgIpc) is 3.08. The van der Waals surface area contributed by atoms with Gasteiger partial charge in [-0.15, -0.1) is 15.0 Å². The molecule has 3 rings (SSSR count). The Morgan fingerprint density at radius 2 is 1.89 bits per heavy atom. The first-order valence-corrected chi connectivity index (χ1v) is 6.17. The Morgan fingerprint density at radius 1 is 1.16 bits per heavy atom. The fourth-order valence-electron chi connectivity index (χ4n) is 2.23. The van der Waals surface area contributed by atoms with Crippen molar-refractivity contribution in [1.29, 1.82) is 5.26 Å². The van der Waals surface area contributed by atoms with E-state index in [4.69, 9.17) is 5.26 Å². The van der Waals surface area contributed by atoms with Crippen LogP contribution in [-0.4, -0.2) is 28.1 Å². The van der Waals surface area contributed by atoms with E-state index in [0.717, 1.165) is 25.9 Å². The van der Waals surface area contributed by atoms with Crippen LogP contribution in [0, 0.1) is 17.1 Å². The highest BCUT2D eigenvalue weighted by molar-refractivity contribution is 5.50. The molecule has 1 aromatic carbocycles. The number of aromatic nitrogens is 3. The van der Waals surface area contributed by atoms with Gasteiger partial charge in [0, 0.05) is 13.1 Å². The van der Waals surface area contributed by atoms with E-state index >= 15 is 0 Å². The summed E-state index contributed by atoms with van der Waals surface area (Å²) in [5.74, 6) is 0.137. The van der Waals surface area contributed by atoms with Crippen LogP contribution in [0.2, 0.25) is 0 Å². The molecule has 1 aliphatic heterocycles. The third-order valence-electron chi connectivity index (χ3n) is 3.18. The molecule has 0 unspecified atom stereocenters. The number of hydrogen-bond donors (Lipinski definition) is 0. The van der Waals surface area contributed by atoms with Gasteiger partial charge in [0.1, 0.15) is 11.8 Å². The Labute approximate surface area is 109 Å². The molecule has 5 nitrogen and oxygen atoms in total. The monoisotopic (exact) mass is 257 g/mol. The minimum Gasteiger partial charge on any atom is -0.353 e. The van der Waals surface area contributed by atoms with Gasteiger partial charge < -0.3 is 4.90 Å². The fraction of sp³-hybridized carbons (Fsp3) is 0.308. The summed E-state index contributed by atoms with van der Waals surface area (Å²) in [5.41, 5.74) is 0.495. The van der Waals surface area contributed by atoms with Gasteiger partial charge in [-0.2, -0.15) is 5.26 Å². The highest BCUT2D eigenvalue weighted by Crippen LogP contribution is 2.22. The molecule has 0 bridgehead atoms. The molecule has 1 fully saturated rings. The second kappa shape index (κ2) is 4.69. The number of hydrogen-bond acceptors (Lipinski definition) is 4. The minimum atomic E-state index is -0.407. The standard InChI is InChI=1S/C13H12FN5/c14-10-5-1-2-6-12(10)19-16-11(9-15)13(17-19)18-7-3-4-8-18/h1-2,5-6H,3-4,7-8H2. The van der Waals surface area contributed by atoms with E-state index in [-0.39, 0.29) is 11.4 Å². The molecule has 0 aliphatic carbocycles. The molecule has 0 radical (unpaired) electrons. The molecule has 0 atom stereocenters. The number of nitrogens with zero attached hydrogens (tertiary/aromatic N) is 5. The van der Waals surface area contributed by atoms with Crippen LogP contribution in [0.4, 0.5) is 10.2 Å². The summed E-state index contributed by atoms with van der Waals surface area (Å²) in [4.78, 5) is 3.21. The summed E-state index contributed by atoms with van der Waals surface area (Å²) >= 11 is 0. The number of nitriles is 1. The van der Waals surface area contributed by atoms with E-state index < -0.39 is 5.82 Å². The van der Waals surface area contributed by atoms with Crippen molar-refractivity contribution < 1.29 is 4.39 Å². The summed E-state index contributed by atoms with van der Waals surface area (Å²) in [7, 11) is 0. The van der Waals surface area contributed by atoms with Gasteiger partial charge in [0.25, 0.3) is 0 Å². The SMILES string of the molecule is N#Cc1nn(-c2ccccc2F)nc1N1CCCC1. The molecule has 0 amide bonds. The van der Waals surface area contributed by atoms with E-state index in [0.29, 0.717) is 5.82 Å². The topological polar surface area (TPSA) is 57.7 Å². The van der Waals surface area contributed by atoms with Gasteiger partial charge in [0.05, 0.1) is 0 Å². The zero-order valence-electron chi connectivity index (χ0n) is 10.3. The lowest BCUT2D eigenvalue weighted by Gasteiger charge is -2.12.